The summed E-state index contributed by atoms with van der Waals surface area (Å²) in [5.41, 5.74) is 2.79. The van der Waals surface area contributed by atoms with E-state index in [-0.39, 0.29) is 48.7 Å². The molecule has 0 saturated carbocycles. The summed E-state index contributed by atoms with van der Waals surface area (Å²) in [5.74, 6) is -1.84. The Hall–Kier alpha value is -4.38. The van der Waals surface area contributed by atoms with Crippen molar-refractivity contribution in [3.05, 3.63) is 136 Å². The van der Waals surface area contributed by atoms with Gasteiger partial charge in [-0.15, -0.1) is 24.0 Å². The third kappa shape index (κ3) is 12.3. The van der Waals surface area contributed by atoms with Gasteiger partial charge in [0.25, 0.3) is 5.91 Å². The number of carbonyl (C=O) groups excluding carboxylic acids is 2. The number of rotatable bonds is 12. The third-order valence-corrected chi connectivity index (χ3v) is 11.7. The number of ketones is 1. The van der Waals surface area contributed by atoms with E-state index < -0.39 is 123 Å². The molecule has 0 aliphatic carbocycles. The Bertz CT molecular complexity index is 2170. The molecule has 3 fully saturated rings. The molecule has 4 aromatic carbocycles. The van der Waals surface area contributed by atoms with E-state index in [1.54, 1.807) is 66.7 Å². The Morgan fingerprint density at radius 1 is 0.478 bits per heavy atom. The van der Waals surface area contributed by atoms with Gasteiger partial charge in [-0.3, -0.25) is 9.59 Å². The van der Waals surface area contributed by atoms with Crippen molar-refractivity contribution in [2.45, 2.75) is 98.0 Å². The van der Waals surface area contributed by atoms with Gasteiger partial charge in [0.1, 0.15) is 91.6 Å². The fourth-order valence-electron chi connectivity index (χ4n) is 7.92. The van der Waals surface area contributed by atoms with Crippen LogP contribution in [0.1, 0.15) is 73.1 Å². The largest absolute Gasteiger partial charge is 0.478 e. The van der Waals surface area contributed by atoms with E-state index in [0.717, 1.165) is 0 Å². The quantitative estimate of drug-likeness (QED) is 0.0607. The van der Waals surface area contributed by atoms with Crippen LogP contribution in [0.25, 0.3) is 0 Å². The lowest BCUT2D eigenvalue weighted by atomic mass is 9.90. The minimum absolute atomic E-state index is 0. The molecule has 7 rings (SSSR count). The van der Waals surface area contributed by atoms with Crippen LogP contribution in [0.4, 0.5) is 5.69 Å². The number of halogens is 1. The van der Waals surface area contributed by atoms with Crippen LogP contribution in [-0.4, -0.2) is 177 Å². The van der Waals surface area contributed by atoms with Crippen LogP contribution in [0.15, 0.2) is 97.1 Å². The summed E-state index contributed by atoms with van der Waals surface area (Å²) >= 11 is 0. The van der Waals surface area contributed by atoms with Gasteiger partial charge in [0, 0.05) is 24.7 Å². The molecular formula is C46H56INO19. The summed E-state index contributed by atoms with van der Waals surface area (Å²) in [7, 11) is 0. The number of carboxylic acids is 1. The van der Waals surface area contributed by atoms with E-state index in [9.17, 15) is 70.6 Å². The number of amides is 1. The molecule has 14 N–H and O–H groups in total. The van der Waals surface area contributed by atoms with Crippen molar-refractivity contribution in [3.8, 4) is 0 Å². The van der Waals surface area contributed by atoms with Crippen molar-refractivity contribution in [1.29, 1.82) is 0 Å². The third-order valence-electron chi connectivity index (χ3n) is 11.7. The molecular weight excluding hydrogens is 997 g/mol. The topological polar surface area (TPSA) is 354 Å². The van der Waals surface area contributed by atoms with Gasteiger partial charge in [-0.25, -0.2) is 4.79 Å². The molecule has 366 valence electrons. The van der Waals surface area contributed by atoms with E-state index in [4.69, 9.17) is 24.4 Å². The van der Waals surface area contributed by atoms with E-state index in [2.05, 4.69) is 5.32 Å². The zero-order valence-electron chi connectivity index (χ0n) is 35.4. The van der Waals surface area contributed by atoms with Crippen LogP contribution < -0.4 is 5.32 Å². The van der Waals surface area contributed by atoms with Gasteiger partial charge in [0.15, 0.2) is 5.78 Å². The highest BCUT2D eigenvalue weighted by Crippen LogP contribution is 2.35. The molecule has 0 radical (unpaired) electrons. The monoisotopic (exact) mass is 1050 g/mol. The fraction of sp³-hybridized carbons (Fsp3) is 0.413. The van der Waals surface area contributed by atoms with Crippen molar-refractivity contribution in [3.63, 3.8) is 0 Å². The summed E-state index contributed by atoms with van der Waals surface area (Å²) in [4.78, 5) is 37.0. The maximum atomic E-state index is 13.1. The number of carbonyl (C=O) groups is 3. The fourth-order valence-corrected chi connectivity index (χ4v) is 7.92. The van der Waals surface area contributed by atoms with Crippen molar-refractivity contribution in [2.24, 2.45) is 0 Å². The standard InChI is InChI=1S/C33H37NO12.C13H16O7.HI.H2/c35-14-23-25(38)27(40)29(42)31(45-23)18-4-1-3-17(12-18)22(37)11-16-7-9-21(10-8-16)34-33(44)20-6-2-5-19(13-20)32-30(43)28(41)26(39)24(15-36)46-32;14-5-8-9(15)10(16)11(17)12(20-8)6-2-1-3-7(4-6)13(18)19;;/h1-10,12-13,23-32,35-36,38-43H,11,14-15H2,(H,34,44);1-4,8-12,14-17H,5H2,(H,18,19);2*1H/t23-,24-,25-,26-,27+,28+,29+,30+,31-,32-;8-,9-,10+,11+,12-;;/m11../s1/i;;;1+1. The van der Waals surface area contributed by atoms with Gasteiger partial charge in [-0.2, -0.15) is 0 Å². The molecule has 3 heterocycles. The molecule has 0 unspecified atom stereocenters. The van der Waals surface area contributed by atoms with Crippen LogP contribution in [-0.2, 0) is 20.6 Å². The number of ether oxygens (including phenoxy) is 3. The van der Waals surface area contributed by atoms with Gasteiger partial charge < -0.3 is 85.9 Å². The zero-order valence-corrected chi connectivity index (χ0v) is 37.7. The van der Waals surface area contributed by atoms with E-state index >= 15 is 0 Å². The maximum Gasteiger partial charge on any atom is 0.335 e. The first-order valence-electron chi connectivity index (χ1n) is 20.9. The minimum Gasteiger partial charge on any atom is -0.478 e. The van der Waals surface area contributed by atoms with Gasteiger partial charge in [0.05, 0.1) is 25.4 Å². The Balaban J connectivity index is 0.000000385. The number of aliphatic hydroxyl groups excluding tert-OH is 12. The summed E-state index contributed by atoms with van der Waals surface area (Å²) in [6.07, 6.45) is -19.7. The molecule has 67 heavy (non-hydrogen) atoms. The first kappa shape index (κ1) is 53.6. The SMILES string of the molecule is I.O=C(Cc1ccc(NC(=O)c2cccc([C@H]3O[C@H](CO)[C@@H](O)[C@H](O)[C@@H]3O)c2)cc1)c1cccc([C@H]2O[C@H](CO)[C@@H](O)[C@H](O)[C@@H]2O)c1.O=C(O)c1cccc([C@H]2O[C@H](CO)[C@@H](O)[C@H](O)[C@@H]2O)c1.[2HH]. The van der Waals surface area contributed by atoms with E-state index in [1.165, 1.54) is 30.3 Å². The zero-order chi connectivity index (χ0) is 48.0. The molecule has 20 nitrogen and oxygen atoms in total. The number of carboxylic acid groups (broad SMARTS) is 1. The summed E-state index contributed by atoms with van der Waals surface area (Å²) in [6.45, 7) is -1.66. The average molecular weight is 1050 g/mol. The van der Waals surface area contributed by atoms with Crippen LogP contribution in [0.3, 0.4) is 0 Å². The van der Waals surface area contributed by atoms with Crippen molar-refractivity contribution >= 4 is 47.3 Å². The van der Waals surface area contributed by atoms with Crippen LogP contribution in [0, 0.1) is 0 Å². The summed E-state index contributed by atoms with van der Waals surface area (Å²) < 4.78 is 16.5. The first-order chi connectivity index (χ1) is 31.5. The molecule has 3 aliphatic heterocycles. The first-order valence-corrected chi connectivity index (χ1v) is 20.9. The van der Waals surface area contributed by atoms with Gasteiger partial charge >= 0.3 is 5.97 Å². The molecule has 3 saturated heterocycles. The van der Waals surface area contributed by atoms with Crippen molar-refractivity contribution in [2.75, 3.05) is 25.1 Å². The number of hydrogen-bond acceptors (Lipinski definition) is 18. The van der Waals surface area contributed by atoms with Crippen LogP contribution in [0.5, 0.6) is 0 Å². The molecule has 0 aromatic heterocycles. The number of aliphatic hydroxyl groups is 12. The Labute approximate surface area is 401 Å². The summed E-state index contributed by atoms with van der Waals surface area (Å²) in [5, 5.41) is 130. The lowest BCUT2D eigenvalue weighted by molar-refractivity contribution is -0.231. The molecule has 0 bridgehead atoms. The Kier molecular flexibility index (Phi) is 19.0. The molecule has 4 aromatic rings. The van der Waals surface area contributed by atoms with Crippen molar-refractivity contribution in [1.82, 2.24) is 0 Å². The van der Waals surface area contributed by atoms with Crippen LogP contribution in [0.2, 0.25) is 0 Å². The van der Waals surface area contributed by atoms with Gasteiger partial charge in [-0.1, -0.05) is 54.6 Å². The smallest absolute Gasteiger partial charge is 0.335 e. The highest BCUT2D eigenvalue weighted by molar-refractivity contribution is 14.0. The predicted molar refractivity (Wildman–Crippen MR) is 244 cm³/mol. The summed E-state index contributed by atoms with van der Waals surface area (Å²) in [6, 6.07) is 24.9. The number of aromatic carboxylic acids is 1. The normalized spacial score (nSPS) is 31.6. The van der Waals surface area contributed by atoms with E-state index in [0.29, 0.717) is 33.5 Å². The second-order valence-corrected chi connectivity index (χ2v) is 16.2. The van der Waals surface area contributed by atoms with Gasteiger partial charge in [-0.05, 0) is 64.7 Å². The highest BCUT2D eigenvalue weighted by Gasteiger charge is 2.46. The molecule has 1 amide bonds. The Morgan fingerprint density at radius 3 is 1.22 bits per heavy atom. The lowest BCUT2D eigenvalue weighted by Crippen LogP contribution is -2.55. The highest BCUT2D eigenvalue weighted by atomic mass is 127. The second kappa shape index (κ2) is 23.8. The predicted octanol–water partition coefficient (Wildman–Crippen LogP) is -0.842. The lowest BCUT2D eigenvalue weighted by Gasteiger charge is -2.40. The van der Waals surface area contributed by atoms with Gasteiger partial charge in [0.2, 0.25) is 0 Å². The number of nitrogens with one attached hydrogen (secondary N) is 1. The minimum atomic E-state index is -1.55. The molecule has 0 spiro atoms. The number of hydrogen-bond donors (Lipinski definition) is 14. The average Bonchev–Trinajstić information content (AvgIpc) is 3.33. The number of anilines is 1. The van der Waals surface area contributed by atoms with E-state index in [1.807, 2.05) is 0 Å². The number of benzene rings is 4. The number of Topliss-reactive ketones (excluding diaryl/α,β-unsaturated/α-hetero) is 1. The molecule has 3 aliphatic rings. The van der Waals surface area contributed by atoms with Crippen LogP contribution >= 0.6 is 24.0 Å². The van der Waals surface area contributed by atoms with Crippen molar-refractivity contribution < 1.29 is 96.4 Å². The maximum absolute atomic E-state index is 13.1. The Morgan fingerprint density at radius 2 is 0.836 bits per heavy atom. The molecule has 15 atom stereocenters. The second-order valence-electron chi connectivity index (χ2n) is 16.2. The molecule has 21 heteroatoms.